The summed E-state index contributed by atoms with van der Waals surface area (Å²) in [5.41, 5.74) is 1.44. The zero-order valence-corrected chi connectivity index (χ0v) is 18.4. The van der Waals surface area contributed by atoms with Gasteiger partial charge in [-0.05, 0) is 49.6 Å². The smallest absolute Gasteiger partial charge is 0.174 e. The van der Waals surface area contributed by atoms with Gasteiger partial charge in [-0.3, -0.25) is 0 Å². The molecular weight excluding hydrogens is 421 g/mol. The van der Waals surface area contributed by atoms with Crippen molar-refractivity contribution in [2.75, 3.05) is 7.11 Å². The number of imidazole rings is 1. The van der Waals surface area contributed by atoms with Gasteiger partial charge >= 0.3 is 0 Å². The van der Waals surface area contributed by atoms with E-state index >= 15 is 0 Å². The number of halogens is 1. The third-order valence-electron chi connectivity index (χ3n) is 5.90. The van der Waals surface area contributed by atoms with Crippen LogP contribution >= 0.6 is 0 Å². The van der Waals surface area contributed by atoms with Crippen molar-refractivity contribution in [1.82, 2.24) is 24.3 Å². The van der Waals surface area contributed by atoms with Crippen molar-refractivity contribution in [3.8, 4) is 11.4 Å². The molecule has 1 aliphatic rings. The van der Waals surface area contributed by atoms with Gasteiger partial charge in [0.05, 0.1) is 24.8 Å². The minimum atomic E-state index is -1.50. The number of aliphatic hydroxyl groups is 1. The van der Waals surface area contributed by atoms with Crippen LogP contribution in [-0.4, -0.2) is 36.5 Å². The molecule has 168 valence electrons. The fourth-order valence-electron chi connectivity index (χ4n) is 4.28. The molecule has 0 bridgehead atoms. The van der Waals surface area contributed by atoms with Crippen molar-refractivity contribution in [2.24, 2.45) is 0 Å². The van der Waals surface area contributed by atoms with E-state index in [0.29, 0.717) is 36.8 Å². The lowest BCUT2D eigenvalue weighted by Gasteiger charge is -2.31. The zero-order valence-electron chi connectivity index (χ0n) is 18.4. The number of benzene rings is 2. The maximum atomic E-state index is 14.5. The minimum Gasteiger partial charge on any atom is -0.495 e. The zero-order chi connectivity index (χ0) is 23.0. The second-order valence-corrected chi connectivity index (χ2v) is 8.15. The monoisotopic (exact) mass is 445 g/mol. The SMILES string of the molecule is COc1cc(/C=C/c2nc3n(n2)CCCC3(O)c2ccccc2F)ccc1-n1cnc(C)c1. The number of rotatable bonds is 5. The number of fused-ring (bicyclic) bond motifs is 1. The average Bonchev–Trinajstić information content (AvgIpc) is 3.44. The van der Waals surface area contributed by atoms with Crippen molar-refractivity contribution < 1.29 is 14.2 Å². The van der Waals surface area contributed by atoms with E-state index in [1.165, 1.54) is 6.07 Å². The van der Waals surface area contributed by atoms with Crippen molar-refractivity contribution in [3.05, 3.63) is 89.3 Å². The van der Waals surface area contributed by atoms with Crippen molar-refractivity contribution in [2.45, 2.75) is 31.9 Å². The van der Waals surface area contributed by atoms with Gasteiger partial charge in [0.1, 0.15) is 11.6 Å². The van der Waals surface area contributed by atoms with Crippen LogP contribution in [0.2, 0.25) is 0 Å². The molecule has 2 aromatic carbocycles. The predicted octanol–water partition coefficient (Wildman–Crippen LogP) is 4.12. The Bertz CT molecular complexity index is 1340. The number of aromatic nitrogens is 5. The molecule has 33 heavy (non-hydrogen) atoms. The molecule has 5 rings (SSSR count). The number of nitrogens with zero attached hydrogens (tertiary/aromatic N) is 5. The average molecular weight is 445 g/mol. The van der Waals surface area contributed by atoms with Gasteiger partial charge in [0, 0.05) is 18.3 Å². The van der Waals surface area contributed by atoms with E-state index in [4.69, 9.17) is 4.74 Å². The molecule has 0 saturated carbocycles. The van der Waals surface area contributed by atoms with Gasteiger partial charge in [0.25, 0.3) is 0 Å². The minimum absolute atomic E-state index is 0.226. The molecule has 0 aliphatic carbocycles. The van der Waals surface area contributed by atoms with Gasteiger partial charge in [0.15, 0.2) is 17.2 Å². The Morgan fingerprint density at radius 2 is 2.03 bits per heavy atom. The molecule has 4 aromatic rings. The van der Waals surface area contributed by atoms with Gasteiger partial charge < -0.3 is 14.4 Å². The first-order chi connectivity index (χ1) is 16.0. The molecule has 3 heterocycles. The van der Waals surface area contributed by atoms with Crippen LogP contribution in [0.5, 0.6) is 5.75 Å². The normalized spacial score (nSPS) is 17.9. The summed E-state index contributed by atoms with van der Waals surface area (Å²) in [5.74, 6) is 1.08. The van der Waals surface area contributed by atoms with Crippen LogP contribution in [0.15, 0.2) is 55.0 Å². The van der Waals surface area contributed by atoms with Crippen molar-refractivity contribution in [1.29, 1.82) is 0 Å². The molecule has 1 unspecified atom stereocenters. The van der Waals surface area contributed by atoms with E-state index in [9.17, 15) is 9.50 Å². The lowest BCUT2D eigenvalue weighted by molar-refractivity contribution is 0.0361. The van der Waals surface area contributed by atoms with E-state index in [1.807, 2.05) is 42.0 Å². The van der Waals surface area contributed by atoms with Crippen LogP contribution in [0.4, 0.5) is 4.39 Å². The Hall–Kier alpha value is -3.78. The number of hydrogen-bond donors (Lipinski definition) is 1. The summed E-state index contributed by atoms with van der Waals surface area (Å²) in [6.45, 7) is 2.56. The molecule has 0 fully saturated rings. The fourth-order valence-corrected chi connectivity index (χ4v) is 4.28. The van der Waals surface area contributed by atoms with E-state index in [0.717, 1.165) is 16.9 Å². The first-order valence-corrected chi connectivity index (χ1v) is 10.8. The van der Waals surface area contributed by atoms with E-state index in [-0.39, 0.29) is 5.56 Å². The van der Waals surface area contributed by atoms with E-state index < -0.39 is 11.4 Å². The molecule has 8 heteroatoms. The van der Waals surface area contributed by atoms with Crippen LogP contribution in [0.25, 0.3) is 17.8 Å². The Morgan fingerprint density at radius 3 is 2.79 bits per heavy atom. The van der Waals surface area contributed by atoms with E-state index in [1.54, 1.807) is 42.4 Å². The molecule has 1 aliphatic heterocycles. The second-order valence-electron chi connectivity index (χ2n) is 8.15. The van der Waals surface area contributed by atoms with Crippen LogP contribution in [0.1, 0.15) is 41.3 Å². The molecule has 7 nitrogen and oxygen atoms in total. The molecule has 1 atom stereocenters. The molecule has 0 amide bonds. The summed E-state index contributed by atoms with van der Waals surface area (Å²) in [4.78, 5) is 8.82. The predicted molar refractivity (Wildman–Crippen MR) is 122 cm³/mol. The highest BCUT2D eigenvalue weighted by Crippen LogP contribution is 2.37. The van der Waals surface area contributed by atoms with Gasteiger partial charge in [0.2, 0.25) is 0 Å². The topological polar surface area (TPSA) is 78.0 Å². The Morgan fingerprint density at radius 1 is 1.18 bits per heavy atom. The van der Waals surface area contributed by atoms with E-state index in [2.05, 4.69) is 15.1 Å². The van der Waals surface area contributed by atoms with Gasteiger partial charge in [-0.1, -0.05) is 30.3 Å². The number of hydrogen-bond acceptors (Lipinski definition) is 5. The van der Waals surface area contributed by atoms with Crippen LogP contribution in [-0.2, 0) is 12.1 Å². The molecule has 0 radical (unpaired) electrons. The first kappa shape index (κ1) is 21.1. The number of ether oxygens (including phenoxy) is 1. The number of aryl methyl sites for hydroxylation is 2. The van der Waals surface area contributed by atoms with Crippen molar-refractivity contribution >= 4 is 12.2 Å². The largest absolute Gasteiger partial charge is 0.495 e. The summed E-state index contributed by atoms with van der Waals surface area (Å²) >= 11 is 0. The quantitative estimate of drug-likeness (QED) is 0.500. The molecule has 2 aromatic heterocycles. The Labute approximate surface area is 190 Å². The van der Waals surface area contributed by atoms with Gasteiger partial charge in [-0.2, -0.15) is 5.10 Å². The van der Waals surface area contributed by atoms with Gasteiger partial charge in [-0.15, -0.1) is 0 Å². The fraction of sp³-hybridized carbons (Fsp3) is 0.240. The van der Waals surface area contributed by atoms with Crippen LogP contribution in [0.3, 0.4) is 0 Å². The third-order valence-corrected chi connectivity index (χ3v) is 5.90. The lowest BCUT2D eigenvalue weighted by atomic mass is 9.86. The molecule has 1 N–H and O–H groups in total. The van der Waals surface area contributed by atoms with Gasteiger partial charge in [-0.25, -0.2) is 19.0 Å². The highest BCUT2D eigenvalue weighted by Gasteiger charge is 2.41. The first-order valence-electron chi connectivity index (χ1n) is 10.8. The Balaban J connectivity index is 1.45. The maximum absolute atomic E-state index is 14.5. The summed E-state index contributed by atoms with van der Waals surface area (Å²) in [6, 6.07) is 12.1. The molecule has 0 spiro atoms. The summed E-state index contributed by atoms with van der Waals surface area (Å²) in [5, 5.41) is 15.9. The van der Waals surface area contributed by atoms with Crippen molar-refractivity contribution in [3.63, 3.8) is 0 Å². The lowest BCUT2D eigenvalue weighted by Crippen LogP contribution is -2.36. The number of methoxy groups -OCH3 is 1. The summed E-state index contributed by atoms with van der Waals surface area (Å²) in [6.07, 6.45) is 8.42. The molecule has 0 saturated heterocycles. The summed E-state index contributed by atoms with van der Waals surface area (Å²) in [7, 11) is 1.63. The standard InChI is InChI=1S/C25H24FN5O2/c1-17-15-30(16-27-17)21-10-8-18(14-22(21)33-2)9-11-23-28-24-25(32,12-5-13-31(24)29-23)19-6-3-4-7-20(19)26/h3-4,6-11,14-16,32H,5,12-13H2,1-2H3/b11-9+. The highest BCUT2D eigenvalue weighted by molar-refractivity contribution is 5.69. The maximum Gasteiger partial charge on any atom is 0.174 e. The summed E-state index contributed by atoms with van der Waals surface area (Å²) < 4.78 is 23.6. The molecular formula is C25H24FN5O2. The second kappa shape index (κ2) is 8.29. The van der Waals surface area contributed by atoms with Crippen LogP contribution < -0.4 is 4.74 Å². The highest BCUT2D eigenvalue weighted by atomic mass is 19.1. The third kappa shape index (κ3) is 3.82. The van der Waals surface area contributed by atoms with Crippen LogP contribution in [0, 0.1) is 12.7 Å². The Kier molecular flexibility index (Phi) is 5.30.